The lowest BCUT2D eigenvalue weighted by atomic mass is 10.1. The van der Waals surface area contributed by atoms with Gasteiger partial charge in [-0.05, 0) is 30.0 Å². The molecule has 0 atom stereocenters. The minimum absolute atomic E-state index is 0.0538. The van der Waals surface area contributed by atoms with Crippen LogP contribution in [-0.2, 0) is 11.3 Å². The topological polar surface area (TPSA) is 76.0 Å². The van der Waals surface area contributed by atoms with Gasteiger partial charge in [0, 0.05) is 36.8 Å². The fraction of sp³-hybridized carbons (Fsp3) is 0.160. The van der Waals surface area contributed by atoms with Gasteiger partial charge in [-0.2, -0.15) is 5.10 Å². The van der Waals surface area contributed by atoms with Crippen LogP contribution in [0, 0.1) is 0 Å². The van der Waals surface area contributed by atoms with E-state index in [1.807, 2.05) is 83.0 Å². The minimum Gasteiger partial charge on any atom is -0.352 e. The van der Waals surface area contributed by atoms with Gasteiger partial charge in [-0.1, -0.05) is 54.6 Å². The first kappa shape index (κ1) is 21.5. The van der Waals surface area contributed by atoms with Crippen LogP contribution in [-0.4, -0.2) is 28.1 Å². The van der Waals surface area contributed by atoms with E-state index in [1.54, 1.807) is 6.07 Å². The molecule has 2 aromatic heterocycles. The van der Waals surface area contributed by atoms with Crippen LogP contribution in [0.25, 0.3) is 16.9 Å². The Morgan fingerprint density at radius 3 is 2.38 bits per heavy atom. The molecule has 0 fully saturated rings. The smallest absolute Gasteiger partial charge is 0.261 e. The third-order valence-electron chi connectivity index (χ3n) is 4.95. The van der Waals surface area contributed by atoms with Gasteiger partial charge in [0.25, 0.3) is 5.91 Å². The molecule has 0 spiro atoms. The van der Waals surface area contributed by atoms with E-state index in [2.05, 4.69) is 10.6 Å². The number of aromatic nitrogens is 2. The highest BCUT2D eigenvalue weighted by atomic mass is 32.1. The van der Waals surface area contributed by atoms with Gasteiger partial charge >= 0.3 is 0 Å². The van der Waals surface area contributed by atoms with Gasteiger partial charge in [0.05, 0.1) is 16.3 Å². The number of carbonyl (C=O) groups is 2. The molecule has 32 heavy (non-hydrogen) atoms. The molecule has 2 heterocycles. The number of carbonyl (C=O) groups excluding carboxylic acids is 2. The second-order valence-electron chi connectivity index (χ2n) is 7.26. The van der Waals surface area contributed by atoms with Gasteiger partial charge in [0.1, 0.15) is 0 Å². The summed E-state index contributed by atoms with van der Waals surface area (Å²) >= 11 is 1.40. The van der Waals surface area contributed by atoms with Crippen molar-refractivity contribution in [1.82, 2.24) is 20.4 Å². The second kappa shape index (κ2) is 10.5. The molecule has 0 aliphatic carbocycles. The SMILES string of the molecule is O=C(CCCNC(=O)c1cccs1)NCc1cn(-c2ccccc2)nc1-c1ccccc1. The molecule has 0 unspecified atom stereocenters. The Labute approximate surface area is 190 Å². The van der Waals surface area contributed by atoms with Crippen LogP contribution in [0.1, 0.15) is 28.1 Å². The van der Waals surface area contributed by atoms with Crippen molar-refractivity contribution in [1.29, 1.82) is 0 Å². The average molecular weight is 445 g/mol. The first-order valence-corrected chi connectivity index (χ1v) is 11.4. The summed E-state index contributed by atoms with van der Waals surface area (Å²) < 4.78 is 1.84. The van der Waals surface area contributed by atoms with Gasteiger partial charge in [-0.25, -0.2) is 4.68 Å². The predicted molar refractivity (Wildman–Crippen MR) is 127 cm³/mol. The highest BCUT2D eigenvalue weighted by molar-refractivity contribution is 7.12. The Hall–Kier alpha value is -3.71. The van der Waals surface area contributed by atoms with Crippen LogP contribution in [0.4, 0.5) is 0 Å². The summed E-state index contributed by atoms with van der Waals surface area (Å²) in [5, 5.41) is 12.5. The highest BCUT2D eigenvalue weighted by Gasteiger charge is 2.13. The zero-order chi connectivity index (χ0) is 22.2. The fourth-order valence-corrected chi connectivity index (χ4v) is 3.96. The first-order valence-electron chi connectivity index (χ1n) is 10.5. The predicted octanol–water partition coefficient (Wildman–Crippen LogP) is 4.43. The number of thiophene rings is 1. The maximum Gasteiger partial charge on any atom is 0.261 e. The number of benzene rings is 2. The van der Waals surface area contributed by atoms with Crippen molar-refractivity contribution in [3.63, 3.8) is 0 Å². The maximum atomic E-state index is 12.4. The summed E-state index contributed by atoms with van der Waals surface area (Å²) in [6.45, 7) is 0.850. The molecule has 0 radical (unpaired) electrons. The van der Waals surface area contributed by atoms with Crippen LogP contribution in [0.2, 0.25) is 0 Å². The van der Waals surface area contributed by atoms with E-state index in [1.165, 1.54) is 11.3 Å². The monoisotopic (exact) mass is 444 g/mol. The molecule has 162 valence electrons. The van der Waals surface area contributed by atoms with Crippen molar-refractivity contribution in [3.05, 3.63) is 94.8 Å². The molecule has 4 rings (SSSR count). The standard InChI is InChI=1S/C25H24N4O2S/c30-23(14-7-15-26-25(31)22-13-8-16-32-22)27-17-20-18-29(21-11-5-2-6-12-21)28-24(20)19-9-3-1-4-10-19/h1-6,8-13,16,18H,7,14-15,17H2,(H,26,31)(H,27,30). The van der Waals surface area contributed by atoms with Crippen molar-refractivity contribution in [2.24, 2.45) is 0 Å². The lowest BCUT2D eigenvalue weighted by Gasteiger charge is -2.06. The average Bonchev–Trinajstić information content (AvgIpc) is 3.52. The third-order valence-corrected chi connectivity index (χ3v) is 5.81. The van der Waals surface area contributed by atoms with Crippen molar-refractivity contribution in [2.75, 3.05) is 6.54 Å². The maximum absolute atomic E-state index is 12.4. The summed E-state index contributed by atoms with van der Waals surface area (Å²) in [4.78, 5) is 25.0. The molecule has 0 saturated heterocycles. The zero-order valence-corrected chi connectivity index (χ0v) is 18.3. The van der Waals surface area contributed by atoms with E-state index in [9.17, 15) is 9.59 Å². The Bertz CT molecular complexity index is 1160. The Morgan fingerprint density at radius 2 is 1.66 bits per heavy atom. The quantitative estimate of drug-likeness (QED) is 0.375. The van der Waals surface area contributed by atoms with Crippen molar-refractivity contribution < 1.29 is 9.59 Å². The second-order valence-corrected chi connectivity index (χ2v) is 8.21. The largest absolute Gasteiger partial charge is 0.352 e. The van der Waals surface area contributed by atoms with Crippen LogP contribution in [0.5, 0.6) is 0 Å². The summed E-state index contributed by atoms with van der Waals surface area (Å²) in [6, 6.07) is 23.5. The third kappa shape index (κ3) is 5.50. The lowest BCUT2D eigenvalue weighted by molar-refractivity contribution is -0.121. The number of hydrogen-bond acceptors (Lipinski definition) is 4. The van der Waals surface area contributed by atoms with E-state index in [-0.39, 0.29) is 11.8 Å². The number of hydrogen-bond donors (Lipinski definition) is 2. The summed E-state index contributed by atoms with van der Waals surface area (Å²) in [5.74, 6) is -0.150. The molecule has 0 saturated carbocycles. The Kier molecular flexibility index (Phi) is 7.09. The molecule has 7 heteroatoms. The molecule has 2 aromatic carbocycles. The van der Waals surface area contributed by atoms with Crippen molar-refractivity contribution in [3.8, 4) is 16.9 Å². The van der Waals surface area contributed by atoms with E-state index in [4.69, 9.17) is 5.10 Å². The van der Waals surface area contributed by atoms with Crippen LogP contribution in [0.3, 0.4) is 0 Å². The van der Waals surface area contributed by atoms with Gasteiger partial charge in [0.15, 0.2) is 0 Å². The van der Waals surface area contributed by atoms with Crippen molar-refractivity contribution in [2.45, 2.75) is 19.4 Å². The van der Waals surface area contributed by atoms with E-state index in [0.29, 0.717) is 30.8 Å². The van der Waals surface area contributed by atoms with E-state index >= 15 is 0 Å². The molecule has 2 amide bonds. The van der Waals surface area contributed by atoms with Crippen LogP contribution < -0.4 is 10.6 Å². The zero-order valence-electron chi connectivity index (χ0n) is 17.5. The van der Waals surface area contributed by atoms with Gasteiger partial charge < -0.3 is 10.6 Å². The van der Waals surface area contributed by atoms with Crippen molar-refractivity contribution >= 4 is 23.2 Å². The molecule has 4 aromatic rings. The molecule has 2 N–H and O–H groups in total. The molecule has 0 aliphatic rings. The molecular formula is C25H24N4O2S. The lowest BCUT2D eigenvalue weighted by Crippen LogP contribution is -2.27. The Morgan fingerprint density at radius 1 is 0.906 bits per heavy atom. The number of amides is 2. The van der Waals surface area contributed by atoms with Crippen LogP contribution in [0.15, 0.2) is 84.4 Å². The first-order chi connectivity index (χ1) is 15.7. The fourth-order valence-electron chi connectivity index (χ4n) is 3.32. The number of rotatable bonds is 9. The van der Waals surface area contributed by atoms with E-state index < -0.39 is 0 Å². The van der Waals surface area contributed by atoms with Gasteiger partial charge in [-0.15, -0.1) is 11.3 Å². The normalized spacial score (nSPS) is 10.6. The number of nitrogens with zero attached hydrogens (tertiary/aromatic N) is 2. The van der Waals surface area contributed by atoms with Gasteiger partial charge in [0.2, 0.25) is 5.91 Å². The van der Waals surface area contributed by atoms with E-state index in [0.717, 1.165) is 22.5 Å². The highest BCUT2D eigenvalue weighted by Crippen LogP contribution is 2.23. The van der Waals surface area contributed by atoms with Crippen LogP contribution >= 0.6 is 11.3 Å². The number of nitrogens with one attached hydrogen (secondary N) is 2. The molecule has 6 nitrogen and oxygen atoms in total. The molecular weight excluding hydrogens is 420 g/mol. The van der Waals surface area contributed by atoms with Gasteiger partial charge in [-0.3, -0.25) is 9.59 Å². The summed E-state index contributed by atoms with van der Waals surface area (Å²) in [6.07, 6.45) is 2.88. The Balaban J connectivity index is 1.35. The molecule has 0 aliphatic heterocycles. The molecule has 0 bridgehead atoms. The summed E-state index contributed by atoms with van der Waals surface area (Å²) in [5.41, 5.74) is 3.75. The number of para-hydroxylation sites is 1. The summed E-state index contributed by atoms with van der Waals surface area (Å²) in [7, 11) is 0. The minimum atomic E-state index is -0.0961.